The summed E-state index contributed by atoms with van der Waals surface area (Å²) in [4.78, 5) is 8.71. The normalized spacial score (nSPS) is 10.6. The molecule has 4 nitrogen and oxygen atoms in total. The van der Waals surface area contributed by atoms with Crippen LogP contribution < -0.4 is 5.73 Å². The Balaban J connectivity index is 2.46. The van der Waals surface area contributed by atoms with E-state index in [0.717, 1.165) is 30.0 Å². The van der Waals surface area contributed by atoms with E-state index >= 15 is 0 Å². The van der Waals surface area contributed by atoms with Gasteiger partial charge < -0.3 is 10.3 Å². The molecule has 0 atom stereocenters. The summed E-state index contributed by atoms with van der Waals surface area (Å²) in [5.74, 6) is 0.916. The van der Waals surface area contributed by atoms with Gasteiger partial charge in [-0.3, -0.25) is 4.98 Å². The lowest BCUT2D eigenvalue weighted by atomic mass is 10.2. The van der Waals surface area contributed by atoms with E-state index in [2.05, 4.69) is 21.5 Å². The van der Waals surface area contributed by atoms with Gasteiger partial charge in [-0.2, -0.15) is 0 Å². The summed E-state index contributed by atoms with van der Waals surface area (Å²) in [5.41, 5.74) is 8.35. The quantitative estimate of drug-likeness (QED) is 0.856. The van der Waals surface area contributed by atoms with Crippen LogP contribution in [0.1, 0.15) is 18.9 Å². The number of nitrogens with zero attached hydrogens (tertiary/aromatic N) is 3. The average Bonchev–Trinajstić information content (AvgIpc) is 2.67. The molecule has 2 heterocycles. The van der Waals surface area contributed by atoms with Crippen LogP contribution in [0.25, 0.3) is 11.5 Å². The molecular weight excluding hydrogens is 200 g/mol. The zero-order chi connectivity index (χ0) is 11.5. The van der Waals surface area contributed by atoms with Crippen molar-refractivity contribution >= 4 is 5.69 Å². The standard InChI is InChI=1S/C12H16N4/c1-3-5-16-6-4-14-12(16)11-9(2)7-10(13)8-15-11/h4,6-8H,3,5,13H2,1-2H3. The second-order valence-electron chi connectivity index (χ2n) is 3.88. The van der Waals surface area contributed by atoms with Crippen LogP contribution in [0.15, 0.2) is 24.7 Å². The molecule has 0 radical (unpaired) electrons. The van der Waals surface area contributed by atoms with Crippen LogP contribution in [0.3, 0.4) is 0 Å². The lowest BCUT2D eigenvalue weighted by molar-refractivity contribution is 0.683. The molecule has 0 saturated heterocycles. The van der Waals surface area contributed by atoms with Crippen molar-refractivity contribution in [2.24, 2.45) is 0 Å². The molecule has 0 unspecified atom stereocenters. The summed E-state index contributed by atoms with van der Waals surface area (Å²) in [6.45, 7) is 5.11. The second kappa shape index (κ2) is 4.35. The number of anilines is 1. The highest BCUT2D eigenvalue weighted by molar-refractivity contribution is 5.58. The monoisotopic (exact) mass is 216 g/mol. The predicted molar refractivity (Wildman–Crippen MR) is 64.9 cm³/mol. The number of hydrogen-bond donors (Lipinski definition) is 1. The fraction of sp³-hybridized carbons (Fsp3) is 0.333. The number of aryl methyl sites for hydroxylation is 2. The molecule has 0 spiro atoms. The minimum Gasteiger partial charge on any atom is -0.397 e. The molecule has 0 aliphatic rings. The smallest absolute Gasteiger partial charge is 0.158 e. The number of aromatic nitrogens is 3. The van der Waals surface area contributed by atoms with Crippen LogP contribution in [-0.2, 0) is 6.54 Å². The highest BCUT2D eigenvalue weighted by Gasteiger charge is 2.09. The SMILES string of the molecule is CCCn1ccnc1-c1ncc(N)cc1C. The van der Waals surface area contributed by atoms with Crippen LogP contribution in [0.2, 0.25) is 0 Å². The van der Waals surface area contributed by atoms with E-state index in [0.29, 0.717) is 5.69 Å². The van der Waals surface area contributed by atoms with Crippen molar-refractivity contribution in [1.29, 1.82) is 0 Å². The Morgan fingerprint density at radius 1 is 1.38 bits per heavy atom. The van der Waals surface area contributed by atoms with Crippen LogP contribution >= 0.6 is 0 Å². The van der Waals surface area contributed by atoms with Gasteiger partial charge in [-0.25, -0.2) is 4.98 Å². The van der Waals surface area contributed by atoms with Gasteiger partial charge in [0.2, 0.25) is 0 Å². The third-order valence-corrected chi connectivity index (χ3v) is 2.49. The number of hydrogen-bond acceptors (Lipinski definition) is 3. The maximum atomic E-state index is 5.69. The van der Waals surface area contributed by atoms with Gasteiger partial charge >= 0.3 is 0 Å². The zero-order valence-corrected chi connectivity index (χ0v) is 9.64. The van der Waals surface area contributed by atoms with Crippen LogP contribution in [0, 0.1) is 6.92 Å². The molecule has 16 heavy (non-hydrogen) atoms. The van der Waals surface area contributed by atoms with Crippen molar-refractivity contribution in [2.45, 2.75) is 26.8 Å². The predicted octanol–water partition coefficient (Wildman–Crippen LogP) is 2.25. The maximum Gasteiger partial charge on any atom is 0.158 e. The van der Waals surface area contributed by atoms with Crippen molar-refractivity contribution in [3.05, 3.63) is 30.2 Å². The fourth-order valence-corrected chi connectivity index (χ4v) is 1.78. The topological polar surface area (TPSA) is 56.7 Å². The van der Waals surface area contributed by atoms with Crippen LogP contribution in [-0.4, -0.2) is 14.5 Å². The van der Waals surface area contributed by atoms with E-state index in [9.17, 15) is 0 Å². The summed E-state index contributed by atoms with van der Waals surface area (Å²) < 4.78 is 2.12. The molecule has 0 aromatic carbocycles. The van der Waals surface area contributed by atoms with Gasteiger partial charge in [-0.1, -0.05) is 6.92 Å². The van der Waals surface area contributed by atoms with E-state index in [1.807, 2.05) is 25.4 Å². The van der Waals surface area contributed by atoms with Gasteiger partial charge in [0.05, 0.1) is 11.9 Å². The molecule has 84 valence electrons. The van der Waals surface area contributed by atoms with Crippen molar-refractivity contribution in [1.82, 2.24) is 14.5 Å². The molecule has 2 aromatic rings. The fourth-order valence-electron chi connectivity index (χ4n) is 1.78. The Hall–Kier alpha value is -1.84. The zero-order valence-electron chi connectivity index (χ0n) is 9.64. The van der Waals surface area contributed by atoms with E-state index in [4.69, 9.17) is 5.73 Å². The highest BCUT2D eigenvalue weighted by Crippen LogP contribution is 2.20. The molecule has 0 fully saturated rings. The molecule has 2 N–H and O–H groups in total. The maximum absolute atomic E-state index is 5.69. The van der Waals surface area contributed by atoms with Crippen molar-refractivity contribution < 1.29 is 0 Å². The Kier molecular flexibility index (Phi) is 2.90. The van der Waals surface area contributed by atoms with Crippen molar-refractivity contribution in [2.75, 3.05) is 5.73 Å². The number of pyridine rings is 1. The third kappa shape index (κ3) is 1.91. The highest BCUT2D eigenvalue weighted by atomic mass is 15.1. The molecule has 4 heteroatoms. The summed E-state index contributed by atoms with van der Waals surface area (Å²) in [6.07, 6.45) is 6.55. The Bertz CT molecular complexity index is 488. The molecule has 2 aromatic heterocycles. The molecule has 0 aliphatic heterocycles. The first-order valence-corrected chi connectivity index (χ1v) is 5.46. The Labute approximate surface area is 95.1 Å². The first-order chi connectivity index (χ1) is 7.72. The number of nitrogen functional groups attached to an aromatic ring is 1. The van der Waals surface area contributed by atoms with Gasteiger partial charge in [0, 0.05) is 18.9 Å². The number of imidazole rings is 1. The van der Waals surface area contributed by atoms with E-state index < -0.39 is 0 Å². The lowest BCUT2D eigenvalue weighted by Crippen LogP contribution is -2.01. The molecule has 0 bridgehead atoms. The van der Waals surface area contributed by atoms with E-state index in [1.54, 1.807) is 6.20 Å². The summed E-state index contributed by atoms with van der Waals surface area (Å²) in [6, 6.07) is 1.92. The largest absolute Gasteiger partial charge is 0.397 e. The minimum atomic E-state index is 0.690. The van der Waals surface area contributed by atoms with E-state index in [-0.39, 0.29) is 0 Å². The summed E-state index contributed by atoms with van der Waals surface area (Å²) in [7, 11) is 0. The van der Waals surface area contributed by atoms with Crippen molar-refractivity contribution in [3.63, 3.8) is 0 Å². The average molecular weight is 216 g/mol. The minimum absolute atomic E-state index is 0.690. The van der Waals surface area contributed by atoms with Gasteiger partial charge in [0.25, 0.3) is 0 Å². The second-order valence-corrected chi connectivity index (χ2v) is 3.88. The molecule has 2 rings (SSSR count). The van der Waals surface area contributed by atoms with Gasteiger partial charge in [-0.05, 0) is 25.0 Å². The Morgan fingerprint density at radius 3 is 2.88 bits per heavy atom. The Morgan fingerprint density at radius 2 is 2.19 bits per heavy atom. The van der Waals surface area contributed by atoms with Crippen molar-refractivity contribution in [3.8, 4) is 11.5 Å². The molecular formula is C12H16N4. The van der Waals surface area contributed by atoms with Crippen LogP contribution in [0.4, 0.5) is 5.69 Å². The first kappa shape index (κ1) is 10.7. The third-order valence-electron chi connectivity index (χ3n) is 2.49. The molecule has 0 saturated carbocycles. The lowest BCUT2D eigenvalue weighted by Gasteiger charge is -2.08. The number of rotatable bonds is 3. The van der Waals surface area contributed by atoms with E-state index in [1.165, 1.54) is 0 Å². The summed E-state index contributed by atoms with van der Waals surface area (Å²) >= 11 is 0. The van der Waals surface area contributed by atoms with Gasteiger partial charge in [0.1, 0.15) is 5.69 Å². The first-order valence-electron chi connectivity index (χ1n) is 5.46. The van der Waals surface area contributed by atoms with Gasteiger partial charge in [-0.15, -0.1) is 0 Å². The van der Waals surface area contributed by atoms with Gasteiger partial charge in [0.15, 0.2) is 5.82 Å². The molecule has 0 aliphatic carbocycles. The summed E-state index contributed by atoms with van der Waals surface area (Å²) in [5, 5.41) is 0. The molecule has 0 amide bonds. The number of nitrogens with two attached hydrogens (primary N) is 1. The van der Waals surface area contributed by atoms with Crippen LogP contribution in [0.5, 0.6) is 0 Å².